The number of carbonyl (C=O) groups is 1. The van der Waals surface area contributed by atoms with Gasteiger partial charge in [0.25, 0.3) is 5.91 Å². The largest absolute Gasteiger partial charge is 0.336 e. The molecule has 0 radical (unpaired) electrons. The summed E-state index contributed by atoms with van der Waals surface area (Å²) in [7, 11) is -3.51. The number of carbonyl (C=O) groups excluding carboxylic acids is 1. The molecule has 1 aromatic rings. The van der Waals surface area contributed by atoms with Gasteiger partial charge in [-0.15, -0.1) is 0 Å². The lowest BCUT2D eigenvalue weighted by Gasteiger charge is -2.12. The number of sulfonamides is 1. The van der Waals surface area contributed by atoms with E-state index in [0.717, 1.165) is 6.42 Å². The van der Waals surface area contributed by atoms with Gasteiger partial charge in [0, 0.05) is 11.7 Å². The van der Waals surface area contributed by atoms with E-state index in [9.17, 15) is 13.2 Å². The van der Waals surface area contributed by atoms with Crippen LogP contribution in [0.15, 0.2) is 29.2 Å². The highest BCUT2D eigenvalue weighted by atomic mass is 32.2. The molecule has 0 heterocycles. The maximum Gasteiger partial charge on any atom is 0.279 e. The highest BCUT2D eigenvalue weighted by molar-refractivity contribution is 7.89. The van der Waals surface area contributed by atoms with Crippen LogP contribution in [0, 0.1) is 0 Å². The lowest BCUT2D eigenvalue weighted by Crippen LogP contribution is -2.91. The minimum atomic E-state index is -3.51. The van der Waals surface area contributed by atoms with Crippen molar-refractivity contribution < 1.29 is 18.5 Å². The Balaban J connectivity index is 1.88. The Morgan fingerprint density at radius 3 is 2.46 bits per heavy atom. The maximum absolute atomic E-state index is 12.2. The third-order valence-electron chi connectivity index (χ3n) is 4.45. The molecule has 1 atom stereocenters. The van der Waals surface area contributed by atoms with Crippen LogP contribution in [-0.2, 0) is 14.8 Å². The Morgan fingerprint density at radius 1 is 1.25 bits per heavy atom. The van der Waals surface area contributed by atoms with E-state index in [4.69, 9.17) is 0 Å². The molecule has 1 aliphatic carbocycles. The SMILES string of the molecule is CC[C@H](C)NS(=O)(=O)c1ccc(NC(=O)C[NH2+]C2CCCC2)cc1. The van der Waals surface area contributed by atoms with Crippen molar-refractivity contribution in [3.8, 4) is 0 Å². The number of hydrogen-bond acceptors (Lipinski definition) is 3. The van der Waals surface area contributed by atoms with Gasteiger partial charge in [-0.05, 0) is 63.3 Å². The molecule has 7 heteroatoms. The Bertz CT molecular complexity index is 638. The molecular formula is C17H28N3O3S+. The van der Waals surface area contributed by atoms with Gasteiger partial charge in [-0.3, -0.25) is 4.79 Å². The van der Waals surface area contributed by atoms with Crippen molar-refractivity contribution in [3.05, 3.63) is 24.3 Å². The summed E-state index contributed by atoms with van der Waals surface area (Å²) < 4.78 is 27.0. The Morgan fingerprint density at radius 2 is 1.88 bits per heavy atom. The van der Waals surface area contributed by atoms with E-state index >= 15 is 0 Å². The van der Waals surface area contributed by atoms with Crippen molar-refractivity contribution in [3.63, 3.8) is 0 Å². The number of nitrogens with one attached hydrogen (secondary N) is 2. The Kier molecular flexibility index (Phi) is 6.77. The summed E-state index contributed by atoms with van der Waals surface area (Å²) in [4.78, 5) is 12.2. The van der Waals surface area contributed by atoms with Gasteiger partial charge in [-0.2, -0.15) is 0 Å². The predicted molar refractivity (Wildman–Crippen MR) is 94.2 cm³/mol. The molecule has 134 valence electrons. The van der Waals surface area contributed by atoms with Crippen molar-refractivity contribution in [1.29, 1.82) is 0 Å². The number of anilines is 1. The monoisotopic (exact) mass is 354 g/mol. The van der Waals surface area contributed by atoms with E-state index in [1.54, 1.807) is 12.1 Å². The van der Waals surface area contributed by atoms with Gasteiger partial charge in [0.15, 0.2) is 6.54 Å². The molecule has 1 saturated carbocycles. The van der Waals surface area contributed by atoms with E-state index in [0.29, 0.717) is 18.3 Å². The molecule has 0 bridgehead atoms. The number of benzene rings is 1. The molecule has 1 fully saturated rings. The van der Waals surface area contributed by atoms with Crippen molar-refractivity contribution >= 4 is 21.6 Å². The van der Waals surface area contributed by atoms with Crippen molar-refractivity contribution in [2.45, 2.75) is 62.9 Å². The fraction of sp³-hybridized carbons (Fsp3) is 0.588. The number of hydrogen-bond donors (Lipinski definition) is 3. The van der Waals surface area contributed by atoms with E-state index in [-0.39, 0.29) is 16.8 Å². The third-order valence-corrected chi connectivity index (χ3v) is 6.06. The summed E-state index contributed by atoms with van der Waals surface area (Å²) in [6, 6.07) is 6.73. The van der Waals surface area contributed by atoms with Gasteiger partial charge in [0.05, 0.1) is 10.9 Å². The van der Waals surface area contributed by atoms with Gasteiger partial charge in [-0.25, -0.2) is 13.1 Å². The normalized spacial score (nSPS) is 16.9. The molecular weight excluding hydrogens is 326 g/mol. The molecule has 0 spiro atoms. The van der Waals surface area contributed by atoms with Crippen LogP contribution in [0.4, 0.5) is 5.69 Å². The first-order valence-electron chi connectivity index (χ1n) is 8.66. The van der Waals surface area contributed by atoms with Gasteiger partial charge in [0.2, 0.25) is 10.0 Å². The number of nitrogens with two attached hydrogens (primary N) is 1. The highest BCUT2D eigenvalue weighted by Crippen LogP contribution is 2.15. The quantitative estimate of drug-likeness (QED) is 0.655. The Hall–Kier alpha value is -1.44. The van der Waals surface area contributed by atoms with Crippen LogP contribution < -0.4 is 15.4 Å². The smallest absolute Gasteiger partial charge is 0.279 e. The first-order chi connectivity index (χ1) is 11.4. The zero-order valence-corrected chi connectivity index (χ0v) is 15.2. The summed E-state index contributed by atoms with van der Waals surface area (Å²) in [6.07, 6.45) is 5.60. The van der Waals surface area contributed by atoms with Gasteiger partial charge >= 0.3 is 0 Å². The summed E-state index contributed by atoms with van der Waals surface area (Å²) in [5, 5.41) is 4.91. The van der Waals surface area contributed by atoms with Crippen molar-refractivity contribution in [2.24, 2.45) is 0 Å². The fourth-order valence-electron chi connectivity index (χ4n) is 2.81. The first-order valence-corrected chi connectivity index (χ1v) is 10.1. The van der Waals surface area contributed by atoms with Gasteiger partial charge in [0.1, 0.15) is 0 Å². The second-order valence-corrected chi connectivity index (χ2v) is 8.20. The number of quaternary nitrogens is 1. The number of amides is 1. The summed E-state index contributed by atoms with van der Waals surface area (Å²) in [5.74, 6) is -0.0600. The molecule has 0 unspecified atom stereocenters. The van der Waals surface area contributed by atoms with Crippen LogP contribution >= 0.6 is 0 Å². The van der Waals surface area contributed by atoms with E-state index in [1.165, 1.54) is 37.8 Å². The average molecular weight is 354 g/mol. The zero-order valence-electron chi connectivity index (χ0n) is 14.4. The minimum Gasteiger partial charge on any atom is -0.336 e. The predicted octanol–water partition coefficient (Wildman–Crippen LogP) is 1.21. The van der Waals surface area contributed by atoms with Crippen molar-refractivity contribution in [2.75, 3.05) is 11.9 Å². The summed E-state index contributed by atoms with van der Waals surface area (Å²) in [6.45, 7) is 4.15. The second kappa shape index (κ2) is 8.60. The lowest BCUT2D eigenvalue weighted by molar-refractivity contribution is -0.677. The fourth-order valence-corrected chi connectivity index (χ4v) is 4.14. The molecule has 0 saturated heterocycles. The molecule has 1 amide bonds. The van der Waals surface area contributed by atoms with E-state index in [1.807, 2.05) is 13.8 Å². The second-order valence-electron chi connectivity index (χ2n) is 6.49. The number of rotatable bonds is 8. The third kappa shape index (κ3) is 5.58. The average Bonchev–Trinajstić information content (AvgIpc) is 3.06. The first kappa shape index (κ1) is 18.9. The van der Waals surface area contributed by atoms with Crippen LogP contribution in [0.25, 0.3) is 0 Å². The van der Waals surface area contributed by atoms with Crippen LogP contribution in [-0.4, -0.2) is 33.0 Å². The molecule has 1 aliphatic rings. The molecule has 24 heavy (non-hydrogen) atoms. The topological polar surface area (TPSA) is 91.9 Å². The molecule has 2 rings (SSSR count). The van der Waals surface area contributed by atoms with Gasteiger partial charge in [-0.1, -0.05) is 6.92 Å². The highest BCUT2D eigenvalue weighted by Gasteiger charge is 2.19. The summed E-state index contributed by atoms with van der Waals surface area (Å²) in [5.41, 5.74) is 0.613. The molecule has 0 aromatic heterocycles. The zero-order chi connectivity index (χ0) is 17.6. The van der Waals surface area contributed by atoms with Crippen molar-refractivity contribution in [1.82, 2.24) is 4.72 Å². The van der Waals surface area contributed by atoms with Crippen LogP contribution in [0.3, 0.4) is 0 Å². The van der Waals surface area contributed by atoms with Crippen LogP contribution in [0.5, 0.6) is 0 Å². The molecule has 4 N–H and O–H groups in total. The summed E-state index contributed by atoms with van der Waals surface area (Å²) >= 11 is 0. The standard InChI is InChI=1S/C17H27N3O3S/c1-3-13(2)20-24(22,23)16-10-8-15(9-11-16)19-17(21)12-18-14-6-4-5-7-14/h8-11,13-14,18,20H,3-7,12H2,1-2H3,(H,19,21)/p+1/t13-/m0/s1. The molecule has 1 aromatic carbocycles. The van der Waals surface area contributed by atoms with Crippen LogP contribution in [0.1, 0.15) is 46.0 Å². The van der Waals surface area contributed by atoms with Gasteiger partial charge < -0.3 is 10.6 Å². The van der Waals surface area contributed by atoms with E-state index in [2.05, 4.69) is 15.4 Å². The van der Waals surface area contributed by atoms with E-state index < -0.39 is 10.0 Å². The minimum absolute atomic E-state index is 0.0600. The van der Waals surface area contributed by atoms with Crippen LogP contribution in [0.2, 0.25) is 0 Å². The maximum atomic E-state index is 12.2. The lowest BCUT2D eigenvalue weighted by atomic mass is 10.2. The molecule has 0 aliphatic heterocycles. The molecule has 6 nitrogen and oxygen atoms in total. The Labute approximate surface area is 144 Å².